The second-order valence-corrected chi connectivity index (χ2v) is 5.02. The SMILES string of the molecule is C=CC1(C(C)C)CCN(CC)C(C)C1.CC. The molecule has 1 heteroatoms. The number of allylic oxidation sites excluding steroid dienone is 1. The maximum Gasteiger partial charge on any atom is 0.00751 e. The molecule has 0 aromatic heterocycles. The topological polar surface area (TPSA) is 3.24 Å². The summed E-state index contributed by atoms with van der Waals surface area (Å²) in [6.45, 7) is 19.7. The van der Waals surface area contributed by atoms with Crippen molar-refractivity contribution >= 4 is 0 Å². The van der Waals surface area contributed by atoms with Crippen molar-refractivity contribution in [3.63, 3.8) is 0 Å². The third-order valence-corrected chi connectivity index (χ3v) is 4.13. The Morgan fingerprint density at radius 3 is 2.31 bits per heavy atom. The largest absolute Gasteiger partial charge is 0.301 e. The maximum absolute atomic E-state index is 4.04. The minimum absolute atomic E-state index is 0.394. The first-order chi connectivity index (χ1) is 7.55. The van der Waals surface area contributed by atoms with Crippen LogP contribution in [0.3, 0.4) is 0 Å². The molecule has 1 aliphatic heterocycles. The fraction of sp³-hybridized carbons (Fsp3) is 0.867. The van der Waals surface area contributed by atoms with Gasteiger partial charge in [0.1, 0.15) is 0 Å². The molecular weight excluding hydrogens is 194 g/mol. The van der Waals surface area contributed by atoms with Crippen LogP contribution in [0.2, 0.25) is 0 Å². The van der Waals surface area contributed by atoms with E-state index in [1.54, 1.807) is 0 Å². The van der Waals surface area contributed by atoms with Gasteiger partial charge in [-0.05, 0) is 44.2 Å². The highest BCUT2D eigenvalue weighted by molar-refractivity contribution is 5.02. The fourth-order valence-corrected chi connectivity index (χ4v) is 2.77. The van der Waals surface area contributed by atoms with Gasteiger partial charge in [-0.15, -0.1) is 6.58 Å². The van der Waals surface area contributed by atoms with Crippen molar-refractivity contribution in [3.05, 3.63) is 12.7 Å². The summed E-state index contributed by atoms with van der Waals surface area (Å²) in [5.74, 6) is 0.724. The van der Waals surface area contributed by atoms with Crippen molar-refractivity contribution in [1.29, 1.82) is 0 Å². The number of likely N-dealkylation sites (tertiary alicyclic amines) is 1. The maximum atomic E-state index is 4.04. The lowest BCUT2D eigenvalue weighted by atomic mass is 9.68. The fourth-order valence-electron chi connectivity index (χ4n) is 2.77. The standard InChI is InChI=1S/C13H25N.C2H6/c1-6-13(11(3)4)8-9-14(7-2)12(5)10-13;1-2/h6,11-12H,1,7-10H2,2-5H3;1-2H3. The summed E-state index contributed by atoms with van der Waals surface area (Å²) in [4.78, 5) is 2.57. The highest BCUT2D eigenvalue weighted by Crippen LogP contribution is 2.41. The third kappa shape index (κ3) is 3.35. The Morgan fingerprint density at radius 1 is 1.44 bits per heavy atom. The average molecular weight is 225 g/mol. The van der Waals surface area contributed by atoms with Crippen molar-refractivity contribution in [2.45, 2.75) is 60.4 Å². The van der Waals surface area contributed by atoms with Gasteiger partial charge in [-0.3, -0.25) is 0 Å². The van der Waals surface area contributed by atoms with E-state index in [1.165, 1.54) is 25.9 Å². The zero-order valence-corrected chi connectivity index (χ0v) is 12.2. The Morgan fingerprint density at radius 2 is 2.00 bits per heavy atom. The summed E-state index contributed by atoms with van der Waals surface area (Å²) in [5.41, 5.74) is 0.394. The van der Waals surface area contributed by atoms with Crippen molar-refractivity contribution in [1.82, 2.24) is 4.90 Å². The average Bonchev–Trinajstić information content (AvgIpc) is 2.31. The van der Waals surface area contributed by atoms with Gasteiger partial charge in [0.05, 0.1) is 0 Å². The third-order valence-electron chi connectivity index (χ3n) is 4.13. The van der Waals surface area contributed by atoms with E-state index >= 15 is 0 Å². The molecule has 1 heterocycles. The van der Waals surface area contributed by atoms with Gasteiger partial charge in [-0.25, -0.2) is 0 Å². The second kappa shape index (κ2) is 7.11. The van der Waals surface area contributed by atoms with E-state index in [4.69, 9.17) is 0 Å². The molecule has 0 aromatic rings. The summed E-state index contributed by atoms with van der Waals surface area (Å²) in [6, 6.07) is 0.717. The first kappa shape index (κ1) is 15.7. The lowest BCUT2D eigenvalue weighted by Crippen LogP contribution is -2.46. The summed E-state index contributed by atoms with van der Waals surface area (Å²) >= 11 is 0. The molecule has 0 saturated carbocycles. The van der Waals surface area contributed by atoms with Gasteiger partial charge >= 0.3 is 0 Å². The van der Waals surface area contributed by atoms with Gasteiger partial charge in [0.15, 0.2) is 0 Å². The minimum Gasteiger partial charge on any atom is -0.301 e. The molecule has 16 heavy (non-hydrogen) atoms. The number of nitrogens with zero attached hydrogens (tertiary/aromatic N) is 1. The molecule has 1 aliphatic rings. The van der Waals surface area contributed by atoms with Crippen LogP contribution in [0.15, 0.2) is 12.7 Å². The van der Waals surface area contributed by atoms with Crippen LogP contribution in [0.4, 0.5) is 0 Å². The van der Waals surface area contributed by atoms with E-state index in [1.807, 2.05) is 13.8 Å². The van der Waals surface area contributed by atoms with Crippen molar-refractivity contribution in [3.8, 4) is 0 Å². The summed E-state index contributed by atoms with van der Waals surface area (Å²) in [5, 5.41) is 0. The van der Waals surface area contributed by atoms with E-state index in [9.17, 15) is 0 Å². The highest BCUT2D eigenvalue weighted by atomic mass is 15.2. The molecule has 1 fully saturated rings. The molecule has 2 atom stereocenters. The van der Waals surface area contributed by atoms with Gasteiger partial charge in [-0.2, -0.15) is 0 Å². The lowest BCUT2D eigenvalue weighted by molar-refractivity contribution is 0.0621. The Labute approximate surface area is 103 Å². The zero-order chi connectivity index (χ0) is 12.8. The number of rotatable bonds is 3. The molecule has 0 N–H and O–H groups in total. The van der Waals surface area contributed by atoms with Crippen molar-refractivity contribution < 1.29 is 0 Å². The molecule has 1 nitrogen and oxygen atoms in total. The molecule has 2 unspecified atom stereocenters. The molecule has 96 valence electrons. The predicted molar refractivity (Wildman–Crippen MR) is 74.8 cm³/mol. The lowest BCUT2D eigenvalue weighted by Gasteiger charge is -2.46. The molecule has 0 bridgehead atoms. The zero-order valence-electron chi connectivity index (χ0n) is 12.2. The normalized spacial score (nSPS) is 30.8. The minimum atomic E-state index is 0.394. The van der Waals surface area contributed by atoms with Crippen LogP contribution < -0.4 is 0 Å². The molecule has 0 spiro atoms. The Hall–Kier alpha value is -0.300. The molecular formula is C15H31N. The number of hydrogen-bond acceptors (Lipinski definition) is 1. The quantitative estimate of drug-likeness (QED) is 0.646. The van der Waals surface area contributed by atoms with E-state index in [-0.39, 0.29) is 0 Å². The van der Waals surface area contributed by atoms with Gasteiger partial charge in [0.2, 0.25) is 0 Å². The van der Waals surface area contributed by atoms with E-state index in [0.717, 1.165) is 5.92 Å². The van der Waals surface area contributed by atoms with Crippen LogP contribution in [0.5, 0.6) is 0 Å². The van der Waals surface area contributed by atoms with Crippen LogP contribution in [0, 0.1) is 11.3 Å². The first-order valence-electron chi connectivity index (χ1n) is 6.93. The highest BCUT2D eigenvalue weighted by Gasteiger charge is 2.37. The Balaban J connectivity index is 0.00000106. The van der Waals surface area contributed by atoms with Crippen molar-refractivity contribution in [2.24, 2.45) is 11.3 Å². The monoisotopic (exact) mass is 225 g/mol. The van der Waals surface area contributed by atoms with Gasteiger partial charge in [0, 0.05) is 6.04 Å². The number of piperidine rings is 1. The summed E-state index contributed by atoms with van der Waals surface area (Å²) in [6.07, 6.45) is 4.77. The summed E-state index contributed by atoms with van der Waals surface area (Å²) in [7, 11) is 0. The molecule has 0 aliphatic carbocycles. The molecule has 1 saturated heterocycles. The van der Waals surface area contributed by atoms with Crippen LogP contribution in [-0.4, -0.2) is 24.0 Å². The van der Waals surface area contributed by atoms with E-state index in [0.29, 0.717) is 11.5 Å². The van der Waals surface area contributed by atoms with E-state index < -0.39 is 0 Å². The molecule has 0 aromatic carbocycles. The Bertz CT molecular complexity index is 198. The molecule has 0 amide bonds. The van der Waals surface area contributed by atoms with Crippen LogP contribution in [0.25, 0.3) is 0 Å². The second-order valence-electron chi connectivity index (χ2n) is 5.02. The van der Waals surface area contributed by atoms with Crippen LogP contribution in [0.1, 0.15) is 54.4 Å². The van der Waals surface area contributed by atoms with Crippen molar-refractivity contribution in [2.75, 3.05) is 13.1 Å². The molecule has 1 rings (SSSR count). The Kier molecular flexibility index (Phi) is 6.98. The van der Waals surface area contributed by atoms with Crippen LogP contribution in [-0.2, 0) is 0 Å². The van der Waals surface area contributed by atoms with Gasteiger partial charge in [0.25, 0.3) is 0 Å². The smallest absolute Gasteiger partial charge is 0.00751 e. The van der Waals surface area contributed by atoms with Crippen LogP contribution >= 0.6 is 0 Å². The number of hydrogen-bond donors (Lipinski definition) is 0. The summed E-state index contributed by atoms with van der Waals surface area (Å²) < 4.78 is 0. The predicted octanol–water partition coefficient (Wildman–Crippen LogP) is 4.35. The van der Waals surface area contributed by atoms with E-state index in [2.05, 4.69) is 45.2 Å². The van der Waals surface area contributed by atoms with Gasteiger partial charge < -0.3 is 4.90 Å². The van der Waals surface area contributed by atoms with Gasteiger partial charge in [-0.1, -0.05) is 40.7 Å². The molecule has 0 radical (unpaired) electrons. The first-order valence-corrected chi connectivity index (χ1v) is 6.93.